The maximum atomic E-state index is 13.3. The molecule has 1 aliphatic rings. The lowest BCUT2D eigenvalue weighted by Gasteiger charge is -2.26. The summed E-state index contributed by atoms with van der Waals surface area (Å²) in [6.07, 6.45) is 3.86. The van der Waals surface area contributed by atoms with E-state index in [1.165, 1.54) is 0 Å². The van der Waals surface area contributed by atoms with Crippen LogP contribution in [0.5, 0.6) is 0 Å². The first-order valence-electron chi connectivity index (χ1n) is 11.6. The second-order valence-electron chi connectivity index (χ2n) is 8.12. The summed E-state index contributed by atoms with van der Waals surface area (Å²) in [7, 11) is 0. The van der Waals surface area contributed by atoms with Crippen LogP contribution in [-0.4, -0.2) is 28.8 Å². The van der Waals surface area contributed by atoms with Gasteiger partial charge in [-0.05, 0) is 42.0 Å². The van der Waals surface area contributed by atoms with Gasteiger partial charge in [-0.15, -0.1) is 5.06 Å². The summed E-state index contributed by atoms with van der Waals surface area (Å²) in [4.78, 5) is 55.1. The molecular formula is C27H30N2O5. The number of unbranched alkanes of at least 4 members (excludes halogenated alkanes) is 1. The smallest absolute Gasteiger partial charge is 0.330 e. The topological polar surface area (TPSA) is 84.0 Å². The van der Waals surface area contributed by atoms with Crippen molar-refractivity contribution in [2.45, 2.75) is 58.4 Å². The zero-order valence-electron chi connectivity index (χ0n) is 19.5. The normalized spacial score (nSPS) is 13.1. The minimum atomic E-state index is -0.649. The molecule has 3 rings (SSSR count). The van der Waals surface area contributed by atoms with E-state index < -0.39 is 17.8 Å². The third-order valence-electron chi connectivity index (χ3n) is 5.79. The highest BCUT2D eigenvalue weighted by Crippen LogP contribution is 2.26. The van der Waals surface area contributed by atoms with Gasteiger partial charge in [-0.2, -0.15) is 0 Å². The van der Waals surface area contributed by atoms with E-state index in [0.29, 0.717) is 24.4 Å². The fraction of sp³-hybridized carbons (Fsp3) is 0.333. The molecular weight excluding hydrogens is 432 g/mol. The van der Waals surface area contributed by atoms with Crippen molar-refractivity contribution in [2.24, 2.45) is 0 Å². The minimum Gasteiger partial charge on any atom is -0.330 e. The minimum absolute atomic E-state index is 0.0230. The largest absolute Gasteiger partial charge is 0.333 e. The van der Waals surface area contributed by atoms with Gasteiger partial charge in [0.1, 0.15) is 0 Å². The fourth-order valence-corrected chi connectivity index (χ4v) is 3.91. The lowest BCUT2D eigenvalue weighted by molar-refractivity contribution is -0.197. The van der Waals surface area contributed by atoms with Crippen LogP contribution in [0.2, 0.25) is 0 Å². The fourth-order valence-electron chi connectivity index (χ4n) is 3.91. The molecule has 7 nitrogen and oxygen atoms in total. The number of carbonyl (C=O) groups is 4. The van der Waals surface area contributed by atoms with Crippen molar-refractivity contribution in [3.8, 4) is 0 Å². The molecule has 34 heavy (non-hydrogen) atoms. The van der Waals surface area contributed by atoms with Gasteiger partial charge in [-0.25, -0.2) is 4.79 Å². The quantitative estimate of drug-likeness (QED) is 0.360. The van der Waals surface area contributed by atoms with Gasteiger partial charge >= 0.3 is 5.97 Å². The first-order valence-corrected chi connectivity index (χ1v) is 11.6. The zero-order valence-corrected chi connectivity index (χ0v) is 19.5. The maximum Gasteiger partial charge on any atom is 0.333 e. The Kier molecular flexibility index (Phi) is 8.73. The third-order valence-corrected chi connectivity index (χ3v) is 5.79. The lowest BCUT2D eigenvalue weighted by atomic mass is 10.0. The van der Waals surface area contributed by atoms with Crippen LogP contribution >= 0.6 is 0 Å². The molecule has 7 heteroatoms. The number of benzene rings is 2. The molecule has 0 saturated carbocycles. The van der Waals surface area contributed by atoms with Crippen LogP contribution in [-0.2, 0) is 37.0 Å². The van der Waals surface area contributed by atoms with Gasteiger partial charge in [-0.3, -0.25) is 14.4 Å². The predicted molar refractivity (Wildman–Crippen MR) is 129 cm³/mol. The highest BCUT2D eigenvalue weighted by atomic mass is 16.7. The van der Waals surface area contributed by atoms with Crippen molar-refractivity contribution in [1.29, 1.82) is 0 Å². The number of imide groups is 1. The summed E-state index contributed by atoms with van der Waals surface area (Å²) < 4.78 is 0. The van der Waals surface area contributed by atoms with Gasteiger partial charge in [0.25, 0.3) is 11.8 Å². The molecule has 1 aliphatic heterocycles. The summed E-state index contributed by atoms with van der Waals surface area (Å²) in [5.74, 6) is -1.70. The van der Waals surface area contributed by atoms with Gasteiger partial charge in [0, 0.05) is 31.4 Å². The third kappa shape index (κ3) is 6.19. The number of para-hydroxylation sites is 1. The van der Waals surface area contributed by atoms with Gasteiger partial charge in [-0.1, -0.05) is 62.0 Å². The Balaban J connectivity index is 1.63. The Morgan fingerprint density at radius 1 is 0.971 bits per heavy atom. The summed E-state index contributed by atoms with van der Waals surface area (Å²) in [5, 5.41) is 0.550. The number of amides is 3. The second kappa shape index (κ2) is 11.9. The number of aryl methyl sites for hydroxylation is 1. The van der Waals surface area contributed by atoms with Crippen molar-refractivity contribution in [3.05, 3.63) is 71.8 Å². The number of hydrogen-bond donors (Lipinski definition) is 0. The summed E-state index contributed by atoms with van der Waals surface area (Å²) in [5.41, 5.74) is 3.93. The molecule has 1 heterocycles. The molecule has 0 radical (unpaired) electrons. The molecule has 1 fully saturated rings. The van der Waals surface area contributed by atoms with Crippen LogP contribution in [0.4, 0.5) is 5.69 Å². The molecule has 0 atom stereocenters. The molecule has 0 unspecified atom stereocenters. The van der Waals surface area contributed by atoms with Crippen LogP contribution < -0.4 is 4.90 Å². The first kappa shape index (κ1) is 24.9. The van der Waals surface area contributed by atoms with E-state index in [4.69, 9.17) is 4.84 Å². The molecule has 3 amide bonds. The standard InChI is InChI=1S/C27H30N2O5/c1-3-20-11-5-6-13-22(20)19-28(23-14-8-7-12-21(23)4-2)24(30)15-9-10-16-27(33)34-29-25(31)17-18-26(29)32/h3,5-8,11-14H,1,4,9-10,15-19H2,2H3. The van der Waals surface area contributed by atoms with Gasteiger partial charge < -0.3 is 9.74 Å². The lowest BCUT2D eigenvalue weighted by Crippen LogP contribution is -2.32. The Morgan fingerprint density at radius 2 is 1.59 bits per heavy atom. The molecule has 178 valence electrons. The molecule has 1 saturated heterocycles. The number of hydroxylamine groups is 2. The summed E-state index contributed by atoms with van der Waals surface area (Å²) >= 11 is 0. The van der Waals surface area contributed by atoms with E-state index in [-0.39, 0.29) is 31.6 Å². The number of rotatable bonds is 11. The predicted octanol–water partition coefficient (Wildman–Crippen LogP) is 4.59. The van der Waals surface area contributed by atoms with Crippen LogP contribution in [0.25, 0.3) is 6.08 Å². The molecule has 2 aromatic rings. The van der Waals surface area contributed by atoms with E-state index in [0.717, 1.165) is 28.8 Å². The molecule has 2 aromatic carbocycles. The molecule has 0 spiro atoms. The molecule has 0 N–H and O–H groups in total. The van der Waals surface area contributed by atoms with E-state index in [9.17, 15) is 19.2 Å². The first-order chi connectivity index (χ1) is 16.4. The van der Waals surface area contributed by atoms with E-state index in [1.807, 2.05) is 48.5 Å². The van der Waals surface area contributed by atoms with E-state index >= 15 is 0 Å². The highest BCUT2D eigenvalue weighted by molar-refractivity contribution is 6.01. The van der Waals surface area contributed by atoms with E-state index in [2.05, 4.69) is 13.5 Å². The molecule has 0 bridgehead atoms. The monoisotopic (exact) mass is 462 g/mol. The van der Waals surface area contributed by atoms with Crippen LogP contribution in [0.3, 0.4) is 0 Å². The maximum absolute atomic E-state index is 13.3. The Hall–Kier alpha value is -3.74. The molecule has 0 aromatic heterocycles. The van der Waals surface area contributed by atoms with Crippen molar-refractivity contribution < 1.29 is 24.0 Å². The van der Waals surface area contributed by atoms with Gasteiger partial charge in [0.15, 0.2) is 0 Å². The van der Waals surface area contributed by atoms with Crippen molar-refractivity contribution >= 4 is 35.5 Å². The van der Waals surface area contributed by atoms with E-state index in [1.54, 1.807) is 11.0 Å². The van der Waals surface area contributed by atoms with Crippen LogP contribution in [0.1, 0.15) is 62.1 Å². The highest BCUT2D eigenvalue weighted by Gasteiger charge is 2.32. The Morgan fingerprint density at radius 3 is 2.26 bits per heavy atom. The Bertz CT molecular complexity index is 1060. The Labute approximate surface area is 200 Å². The van der Waals surface area contributed by atoms with Crippen LogP contribution in [0, 0.1) is 0 Å². The second-order valence-corrected chi connectivity index (χ2v) is 8.12. The van der Waals surface area contributed by atoms with Crippen molar-refractivity contribution in [1.82, 2.24) is 5.06 Å². The SMILES string of the molecule is C=Cc1ccccc1CN(C(=O)CCCCC(=O)ON1C(=O)CCC1=O)c1ccccc1CC. The van der Waals surface area contributed by atoms with Gasteiger partial charge in [0.05, 0.1) is 6.54 Å². The number of carbonyl (C=O) groups excluding carboxylic acids is 4. The molecule has 0 aliphatic carbocycles. The summed E-state index contributed by atoms with van der Waals surface area (Å²) in [6, 6.07) is 15.7. The number of anilines is 1. The number of nitrogens with zero attached hydrogens (tertiary/aromatic N) is 2. The van der Waals surface area contributed by atoms with Crippen molar-refractivity contribution in [2.75, 3.05) is 4.90 Å². The number of hydrogen-bond acceptors (Lipinski definition) is 5. The zero-order chi connectivity index (χ0) is 24.5. The van der Waals surface area contributed by atoms with Crippen LogP contribution in [0.15, 0.2) is 55.1 Å². The van der Waals surface area contributed by atoms with Gasteiger partial charge in [0.2, 0.25) is 5.91 Å². The average Bonchev–Trinajstić information content (AvgIpc) is 3.17. The average molecular weight is 463 g/mol. The summed E-state index contributed by atoms with van der Waals surface area (Å²) in [6.45, 7) is 6.35. The van der Waals surface area contributed by atoms with Crippen molar-refractivity contribution in [3.63, 3.8) is 0 Å².